The molecule has 2 nitrogen and oxygen atoms in total. The van der Waals surface area contributed by atoms with Gasteiger partial charge < -0.3 is 0 Å². The first-order chi connectivity index (χ1) is 10.3. The number of unbranched alkanes of at least 4 members (excludes halogenated alkanes) is 6. The van der Waals surface area contributed by atoms with Gasteiger partial charge in [-0.25, -0.2) is 0 Å². The second-order valence-corrected chi connectivity index (χ2v) is 6.12. The van der Waals surface area contributed by atoms with Gasteiger partial charge in [0.1, 0.15) is 0 Å². The van der Waals surface area contributed by atoms with Crippen molar-refractivity contribution in [3.8, 4) is 0 Å². The van der Waals surface area contributed by atoms with Gasteiger partial charge in [-0.3, -0.25) is 11.3 Å². The van der Waals surface area contributed by atoms with Crippen LogP contribution in [-0.4, -0.2) is 0 Å². The molecule has 1 aromatic rings. The van der Waals surface area contributed by atoms with E-state index in [9.17, 15) is 0 Å². The van der Waals surface area contributed by atoms with Crippen molar-refractivity contribution in [1.29, 1.82) is 0 Å². The second kappa shape index (κ2) is 11.8. The molecular weight excluding hydrogens is 256 g/mol. The third-order valence-electron chi connectivity index (χ3n) is 4.19. The normalized spacial score (nSPS) is 12.5. The molecule has 2 heteroatoms. The van der Waals surface area contributed by atoms with Crippen LogP contribution in [0.1, 0.15) is 88.8 Å². The number of rotatable bonds is 12. The van der Waals surface area contributed by atoms with Crippen LogP contribution in [0.2, 0.25) is 0 Å². The van der Waals surface area contributed by atoms with Crippen molar-refractivity contribution in [3.05, 3.63) is 35.4 Å². The van der Waals surface area contributed by atoms with Crippen LogP contribution in [0.4, 0.5) is 0 Å². The first-order valence-corrected chi connectivity index (χ1v) is 8.86. The number of hydrogen-bond donors (Lipinski definition) is 2. The van der Waals surface area contributed by atoms with Crippen molar-refractivity contribution in [1.82, 2.24) is 5.43 Å². The summed E-state index contributed by atoms with van der Waals surface area (Å²) in [5, 5.41) is 0. The highest BCUT2D eigenvalue weighted by Crippen LogP contribution is 2.21. The van der Waals surface area contributed by atoms with Crippen LogP contribution >= 0.6 is 0 Å². The van der Waals surface area contributed by atoms with Crippen LogP contribution in [0.5, 0.6) is 0 Å². The number of hydrazine groups is 1. The molecule has 0 radical (unpaired) electrons. The van der Waals surface area contributed by atoms with E-state index in [4.69, 9.17) is 5.84 Å². The van der Waals surface area contributed by atoms with Crippen LogP contribution < -0.4 is 11.3 Å². The van der Waals surface area contributed by atoms with E-state index in [-0.39, 0.29) is 0 Å². The number of nitrogens with one attached hydrogen (secondary N) is 1. The average Bonchev–Trinajstić information content (AvgIpc) is 2.51. The van der Waals surface area contributed by atoms with Gasteiger partial charge in [-0.2, -0.15) is 0 Å². The van der Waals surface area contributed by atoms with Crippen LogP contribution in [0.15, 0.2) is 24.3 Å². The van der Waals surface area contributed by atoms with Gasteiger partial charge in [-0.1, -0.05) is 89.5 Å². The molecule has 0 bridgehead atoms. The molecule has 3 N–H and O–H groups in total. The molecule has 120 valence electrons. The molecule has 1 rings (SSSR count). The van der Waals surface area contributed by atoms with E-state index in [1.165, 1.54) is 62.5 Å². The lowest BCUT2D eigenvalue weighted by molar-refractivity contribution is 0.475. The predicted octanol–water partition coefficient (Wildman–Crippen LogP) is 5.28. The van der Waals surface area contributed by atoms with Gasteiger partial charge in [0, 0.05) is 6.04 Å². The van der Waals surface area contributed by atoms with Crippen molar-refractivity contribution in [2.75, 3.05) is 0 Å². The molecule has 0 amide bonds. The molecule has 0 spiro atoms. The minimum atomic E-state index is 0.303. The zero-order chi connectivity index (χ0) is 15.3. The summed E-state index contributed by atoms with van der Waals surface area (Å²) in [6.45, 7) is 4.49. The van der Waals surface area contributed by atoms with Gasteiger partial charge in [0.15, 0.2) is 0 Å². The molecule has 1 atom stereocenters. The van der Waals surface area contributed by atoms with Gasteiger partial charge >= 0.3 is 0 Å². The van der Waals surface area contributed by atoms with Crippen LogP contribution in [0.25, 0.3) is 0 Å². The molecule has 1 unspecified atom stereocenters. The summed E-state index contributed by atoms with van der Waals surface area (Å²) in [5.41, 5.74) is 5.77. The van der Waals surface area contributed by atoms with E-state index >= 15 is 0 Å². The predicted molar refractivity (Wildman–Crippen MR) is 93.1 cm³/mol. The highest BCUT2D eigenvalue weighted by molar-refractivity contribution is 5.26. The quantitative estimate of drug-likeness (QED) is 0.312. The van der Waals surface area contributed by atoms with Gasteiger partial charge in [0.25, 0.3) is 0 Å². The fourth-order valence-corrected chi connectivity index (χ4v) is 2.91. The zero-order valence-electron chi connectivity index (χ0n) is 14.0. The van der Waals surface area contributed by atoms with Crippen LogP contribution in [-0.2, 0) is 6.42 Å². The summed E-state index contributed by atoms with van der Waals surface area (Å²) in [5.74, 6) is 5.76. The molecule has 0 aromatic heterocycles. The lowest BCUT2D eigenvalue weighted by atomic mass is 9.97. The molecule has 0 saturated heterocycles. The maximum atomic E-state index is 5.76. The Balaban J connectivity index is 2.32. The average molecular weight is 290 g/mol. The number of aryl methyl sites for hydroxylation is 1. The topological polar surface area (TPSA) is 38.0 Å². The van der Waals surface area contributed by atoms with E-state index in [0.29, 0.717) is 6.04 Å². The molecular formula is C19H34N2. The monoisotopic (exact) mass is 290 g/mol. The molecule has 0 aliphatic heterocycles. The minimum Gasteiger partial charge on any atom is -0.271 e. The summed E-state index contributed by atoms with van der Waals surface area (Å²) in [4.78, 5) is 0. The summed E-state index contributed by atoms with van der Waals surface area (Å²) in [7, 11) is 0. The molecule has 0 aliphatic rings. The van der Waals surface area contributed by atoms with Crippen molar-refractivity contribution in [3.63, 3.8) is 0 Å². The van der Waals surface area contributed by atoms with Crippen LogP contribution in [0, 0.1) is 0 Å². The van der Waals surface area contributed by atoms with Crippen molar-refractivity contribution in [2.24, 2.45) is 5.84 Å². The van der Waals surface area contributed by atoms with E-state index < -0.39 is 0 Å². The SMILES string of the molecule is CCCCCCCCCC(NN)c1cccc(CCC)c1. The number of hydrogen-bond acceptors (Lipinski definition) is 2. The summed E-state index contributed by atoms with van der Waals surface area (Å²) >= 11 is 0. The van der Waals surface area contributed by atoms with Gasteiger partial charge in [-0.05, 0) is 24.0 Å². The van der Waals surface area contributed by atoms with Crippen LogP contribution in [0.3, 0.4) is 0 Å². The van der Waals surface area contributed by atoms with Gasteiger partial charge in [-0.15, -0.1) is 0 Å². The Kier molecular flexibility index (Phi) is 10.2. The molecule has 1 aromatic carbocycles. The fourth-order valence-electron chi connectivity index (χ4n) is 2.91. The Morgan fingerprint density at radius 3 is 2.33 bits per heavy atom. The lowest BCUT2D eigenvalue weighted by Crippen LogP contribution is -2.28. The minimum absolute atomic E-state index is 0.303. The largest absolute Gasteiger partial charge is 0.271 e. The Morgan fingerprint density at radius 2 is 1.67 bits per heavy atom. The first kappa shape index (κ1) is 18.2. The molecule has 0 aliphatic carbocycles. The number of nitrogens with two attached hydrogens (primary N) is 1. The highest BCUT2D eigenvalue weighted by atomic mass is 15.2. The van der Waals surface area contributed by atoms with E-state index in [2.05, 4.69) is 43.5 Å². The summed E-state index contributed by atoms with van der Waals surface area (Å²) < 4.78 is 0. The Morgan fingerprint density at radius 1 is 0.952 bits per heavy atom. The molecule has 0 fully saturated rings. The van der Waals surface area contributed by atoms with Gasteiger partial charge in [0.2, 0.25) is 0 Å². The molecule has 21 heavy (non-hydrogen) atoms. The van der Waals surface area contributed by atoms with Crippen molar-refractivity contribution < 1.29 is 0 Å². The third-order valence-corrected chi connectivity index (χ3v) is 4.19. The van der Waals surface area contributed by atoms with Crippen molar-refractivity contribution in [2.45, 2.75) is 84.1 Å². The van der Waals surface area contributed by atoms with E-state index in [0.717, 1.165) is 12.8 Å². The van der Waals surface area contributed by atoms with Crippen molar-refractivity contribution >= 4 is 0 Å². The maximum Gasteiger partial charge on any atom is 0.0460 e. The molecule has 0 saturated carbocycles. The highest BCUT2D eigenvalue weighted by Gasteiger charge is 2.09. The Labute approximate surface area is 131 Å². The molecule has 0 heterocycles. The summed E-state index contributed by atoms with van der Waals surface area (Å²) in [6.07, 6.45) is 13.0. The van der Waals surface area contributed by atoms with E-state index in [1.54, 1.807) is 0 Å². The fraction of sp³-hybridized carbons (Fsp3) is 0.684. The second-order valence-electron chi connectivity index (χ2n) is 6.12. The summed E-state index contributed by atoms with van der Waals surface area (Å²) in [6, 6.07) is 9.20. The maximum absolute atomic E-state index is 5.76. The first-order valence-electron chi connectivity index (χ1n) is 8.86. The number of benzene rings is 1. The van der Waals surface area contributed by atoms with E-state index in [1.807, 2.05) is 0 Å². The zero-order valence-corrected chi connectivity index (χ0v) is 14.0. The Hall–Kier alpha value is -0.860. The smallest absolute Gasteiger partial charge is 0.0460 e. The Bertz CT molecular complexity index is 362. The van der Waals surface area contributed by atoms with Gasteiger partial charge in [0.05, 0.1) is 0 Å². The lowest BCUT2D eigenvalue weighted by Gasteiger charge is -2.17. The third kappa shape index (κ3) is 7.63. The standard InChI is InChI=1S/C19H34N2/c1-3-5-6-7-8-9-10-15-19(21-20)18-14-11-13-17(16-18)12-4-2/h11,13-14,16,19,21H,3-10,12,15,20H2,1-2H3.